The Bertz CT molecular complexity index is 278. The summed E-state index contributed by atoms with van der Waals surface area (Å²) < 4.78 is 0. The Balaban J connectivity index is 1.78. The Labute approximate surface area is 144 Å². The van der Waals surface area contributed by atoms with Crippen LogP contribution in [-0.2, 0) is 0 Å². The second-order valence-electron chi connectivity index (χ2n) is 8.00. The Morgan fingerprint density at radius 1 is 0.304 bits per heavy atom. The van der Waals surface area contributed by atoms with E-state index < -0.39 is 0 Å². The average molecular weight is 321 g/mol. The average Bonchev–Trinajstić information content (AvgIpc) is 2.64. The molecule has 23 heavy (non-hydrogen) atoms. The SMILES string of the molecule is C1CCCCCC(N=NC2CCCCCCCCC2)CCCC1. The molecule has 0 amide bonds. The van der Waals surface area contributed by atoms with Crippen LogP contribution in [-0.4, -0.2) is 12.1 Å². The molecule has 0 heterocycles. The van der Waals surface area contributed by atoms with Crippen molar-refractivity contribution in [1.29, 1.82) is 0 Å². The zero-order chi connectivity index (χ0) is 16.0. The van der Waals surface area contributed by atoms with Crippen molar-refractivity contribution < 1.29 is 0 Å². The fourth-order valence-electron chi connectivity index (χ4n) is 4.17. The maximum Gasteiger partial charge on any atom is 0.0708 e. The number of hydrogen-bond donors (Lipinski definition) is 0. The molecule has 2 heteroatoms. The first kappa shape index (κ1) is 18.9. The van der Waals surface area contributed by atoms with Gasteiger partial charge in [-0.25, -0.2) is 0 Å². The van der Waals surface area contributed by atoms with Crippen LogP contribution in [0.2, 0.25) is 0 Å². The molecular weight excluding hydrogens is 280 g/mol. The standard InChI is InChI=1S/C21H40N2/c1-2-5-9-13-17-20(16-12-8-4-1)22-23-21-18-14-10-6-3-7-11-15-19-21/h20-21H,1-19H2. The van der Waals surface area contributed by atoms with E-state index in [0.29, 0.717) is 12.1 Å². The van der Waals surface area contributed by atoms with Gasteiger partial charge in [-0.2, -0.15) is 10.2 Å². The fourth-order valence-corrected chi connectivity index (χ4v) is 4.17. The van der Waals surface area contributed by atoms with Crippen molar-refractivity contribution in [3.8, 4) is 0 Å². The van der Waals surface area contributed by atoms with Crippen LogP contribution >= 0.6 is 0 Å². The molecule has 0 spiro atoms. The van der Waals surface area contributed by atoms with Crippen LogP contribution < -0.4 is 0 Å². The molecule has 0 bridgehead atoms. The zero-order valence-electron chi connectivity index (χ0n) is 15.5. The molecule has 0 aromatic carbocycles. The lowest BCUT2D eigenvalue weighted by atomic mass is 9.98. The fraction of sp³-hybridized carbons (Fsp3) is 1.00. The van der Waals surface area contributed by atoms with E-state index in [1.165, 1.54) is 122 Å². The molecule has 2 saturated carbocycles. The first-order chi connectivity index (χ1) is 11.4. The maximum absolute atomic E-state index is 4.86. The van der Waals surface area contributed by atoms with Crippen LogP contribution in [0.1, 0.15) is 122 Å². The van der Waals surface area contributed by atoms with E-state index in [1.54, 1.807) is 0 Å². The summed E-state index contributed by atoms with van der Waals surface area (Å²) in [5.74, 6) is 0. The summed E-state index contributed by atoms with van der Waals surface area (Å²) in [5.41, 5.74) is 0. The maximum atomic E-state index is 4.86. The molecule has 2 nitrogen and oxygen atoms in total. The molecule has 2 aliphatic rings. The van der Waals surface area contributed by atoms with Crippen molar-refractivity contribution in [3.05, 3.63) is 0 Å². The Morgan fingerprint density at radius 2 is 0.522 bits per heavy atom. The highest BCUT2D eigenvalue weighted by Crippen LogP contribution is 2.22. The second kappa shape index (κ2) is 13.0. The van der Waals surface area contributed by atoms with Gasteiger partial charge in [-0.15, -0.1) is 0 Å². The minimum Gasteiger partial charge on any atom is -0.191 e. The Morgan fingerprint density at radius 3 is 0.783 bits per heavy atom. The Kier molecular flexibility index (Phi) is 10.7. The number of hydrogen-bond acceptors (Lipinski definition) is 2. The van der Waals surface area contributed by atoms with Crippen molar-refractivity contribution in [2.24, 2.45) is 10.2 Å². The van der Waals surface area contributed by atoms with E-state index in [2.05, 4.69) is 0 Å². The topological polar surface area (TPSA) is 24.7 Å². The molecule has 2 rings (SSSR count). The van der Waals surface area contributed by atoms with Gasteiger partial charge in [0, 0.05) is 0 Å². The van der Waals surface area contributed by atoms with Crippen LogP contribution in [0.15, 0.2) is 10.2 Å². The van der Waals surface area contributed by atoms with Crippen LogP contribution in [0.25, 0.3) is 0 Å². The summed E-state index contributed by atoms with van der Waals surface area (Å²) in [6, 6.07) is 1.06. The minimum absolute atomic E-state index is 0.531. The monoisotopic (exact) mass is 320 g/mol. The molecule has 0 aliphatic heterocycles. The van der Waals surface area contributed by atoms with Gasteiger partial charge in [-0.1, -0.05) is 96.3 Å². The summed E-state index contributed by atoms with van der Waals surface area (Å²) in [7, 11) is 0. The molecule has 0 saturated heterocycles. The van der Waals surface area contributed by atoms with Gasteiger partial charge < -0.3 is 0 Å². The van der Waals surface area contributed by atoms with Gasteiger partial charge in [0.1, 0.15) is 0 Å². The number of rotatable bonds is 2. The number of nitrogens with zero attached hydrogens (tertiary/aromatic N) is 2. The van der Waals surface area contributed by atoms with E-state index in [4.69, 9.17) is 10.2 Å². The van der Waals surface area contributed by atoms with Crippen molar-refractivity contribution >= 4 is 0 Å². The quantitative estimate of drug-likeness (QED) is 0.467. The predicted molar refractivity (Wildman–Crippen MR) is 100 cm³/mol. The van der Waals surface area contributed by atoms with Gasteiger partial charge in [-0.05, 0) is 25.7 Å². The van der Waals surface area contributed by atoms with Crippen LogP contribution in [0, 0.1) is 0 Å². The highest BCUT2D eigenvalue weighted by molar-refractivity contribution is 4.71. The second-order valence-corrected chi connectivity index (χ2v) is 8.00. The summed E-state index contributed by atoms with van der Waals surface area (Å²) in [6.45, 7) is 0. The van der Waals surface area contributed by atoms with Gasteiger partial charge in [0.25, 0.3) is 0 Å². The smallest absolute Gasteiger partial charge is 0.0708 e. The van der Waals surface area contributed by atoms with Gasteiger partial charge in [0.05, 0.1) is 12.1 Å². The molecule has 2 aliphatic carbocycles. The molecule has 0 aromatic rings. The largest absolute Gasteiger partial charge is 0.191 e. The van der Waals surface area contributed by atoms with Crippen LogP contribution in [0.5, 0.6) is 0 Å². The molecule has 0 unspecified atom stereocenters. The summed E-state index contributed by atoms with van der Waals surface area (Å²) >= 11 is 0. The van der Waals surface area contributed by atoms with E-state index in [-0.39, 0.29) is 0 Å². The highest BCUT2D eigenvalue weighted by Gasteiger charge is 2.12. The third-order valence-corrected chi connectivity index (χ3v) is 5.79. The van der Waals surface area contributed by atoms with Crippen LogP contribution in [0.3, 0.4) is 0 Å². The van der Waals surface area contributed by atoms with Crippen molar-refractivity contribution in [1.82, 2.24) is 0 Å². The first-order valence-corrected chi connectivity index (χ1v) is 10.8. The van der Waals surface area contributed by atoms with Gasteiger partial charge in [0.2, 0.25) is 0 Å². The third kappa shape index (κ3) is 9.47. The Hall–Kier alpha value is -0.400. The van der Waals surface area contributed by atoms with Crippen LogP contribution in [0.4, 0.5) is 0 Å². The normalized spacial score (nSPS) is 25.9. The van der Waals surface area contributed by atoms with E-state index in [9.17, 15) is 0 Å². The molecule has 0 aromatic heterocycles. The van der Waals surface area contributed by atoms with Gasteiger partial charge in [-0.3, -0.25) is 0 Å². The lowest BCUT2D eigenvalue weighted by Gasteiger charge is -2.16. The first-order valence-electron chi connectivity index (χ1n) is 10.8. The molecule has 0 N–H and O–H groups in total. The van der Waals surface area contributed by atoms with Crippen molar-refractivity contribution in [2.45, 2.75) is 134 Å². The van der Waals surface area contributed by atoms with E-state index in [1.807, 2.05) is 0 Å². The third-order valence-electron chi connectivity index (χ3n) is 5.79. The lowest BCUT2D eigenvalue weighted by molar-refractivity contribution is 0.428. The molecule has 0 radical (unpaired) electrons. The lowest BCUT2D eigenvalue weighted by Crippen LogP contribution is -2.09. The molecule has 2 fully saturated rings. The van der Waals surface area contributed by atoms with Crippen molar-refractivity contribution in [3.63, 3.8) is 0 Å². The highest BCUT2D eigenvalue weighted by atomic mass is 15.1. The molecule has 0 atom stereocenters. The summed E-state index contributed by atoms with van der Waals surface area (Å²) in [5, 5.41) is 9.72. The molecular formula is C21H40N2. The summed E-state index contributed by atoms with van der Waals surface area (Å²) in [6.07, 6.45) is 26.4. The molecule has 134 valence electrons. The van der Waals surface area contributed by atoms with Gasteiger partial charge in [0.15, 0.2) is 0 Å². The summed E-state index contributed by atoms with van der Waals surface area (Å²) in [4.78, 5) is 0. The van der Waals surface area contributed by atoms with Gasteiger partial charge >= 0.3 is 0 Å². The van der Waals surface area contributed by atoms with E-state index >= 15 is 0 Å². The zero-order valence-corrected chi connectivity index (χ0v) is 15.5. The minimum atomic E-state index is 0.531. The number of azo groups is 1. The van der Waals surface area contributed by atoms with E-state index in [0.717, 1.165) is 0 Å². The van der Waals surface area contributed by atoms with Crippen molar-refractivity contribution in [2.75, 3.05) is 0 Å². The predicted octanol–water partition coefficient (Wildman–Crippen LogP) is 7.61.